The zero-order valence-corrected chi connectivity index (χ0v) is 17.7. The summed E-state index contributed by atoms with van der Waals surface area (Å²) in [6, 6.07) is 14.9. The number of aromatic nitrogens is 4. The molecule has 2 aromatic carbocycles. The van der Waals surface area contributed by atoms with Crippen molar-refractivity contribution in [3.63, 3.8) is 0 Å². The van der Waals surface area contributed by atoms with Crippen molar-refractivity contribution >= 4 is 45.4 Å². The Morgan fingerprint density at radius 3 is 2.65 bits per heavy atom. The van der Waals surface area contributed by atoms with E-state index in [1.54, 1.807) is 20.0 Å². The van der Waals surface area contributed by atoms with E-state index in [0.29, 0.717) is 27.7 Å². The molecule has 3 heterocycles. The van der Waals surface area contributed by atoms with E-state index in [1.165, 1.54) is 16.3 Å². The van der Waals surface area contributed by atoms with Gasteiger partial charge in [0.1, 0.15) is 5.58 Å². The first-order chi connectivity index (χ1) is 15.1. The first-order valence-electron chi connectivity index (χ1n) is 9.73. The van der Waals surface area contributed by atoms with Crippen LogP contribution in [0.5, 0.6) is 0 Å². The number of ether oxygens (including phenoxy) is 1. The van der Waals surface area contributed by atoms with Gasteiger partial charge < -0.3 is 9.15 Å². The summed E-state index contributed by atoms with van der Waals surface area (Å²) in [6.45, 7) is 2.02. The summed E-state index contributed by atoms with van der Waals surface area (Å²) in [5.74, 6) is 0.576. The summed E-state index contributed by atoms with van der Waals surface area (Å²) in [6.07, 6.45) is 0. The molecule has 0 amide bonds. The minimum absolute atomic E-state index is 0.127. The zero-order valence-electron chi connectivity index (χ0n) is 16.9. The van der Waals surface area contributed by atoms with Crippen LogP contribution in [-0.2, 0) is 17.5 Å². The summed E-state index contributed by atoms with van der Waals surface area (Å²) in [4.78, 5) is 25.1. The second kappa shape index (κ2) is 7.59. The van der Waals surface area contributed by atoms with Gasteiger partial charge in [-0.05, 0) is 25.1 Å². The Labute approximate surface area is 180 Å². The van der Waals surface area contributed by atoms with Gasteiger partial charge in [-0.25, -0.2) is 4.79 Å². The van der Waals surface area contributed by atoms with Gasteiger partial charge in [0.25, 0.3) is 5.56 Å². The molecule has 8 nitrogen and oxygen atoms in total. The van der Waals surface area contributed by atoms with Crippen molar-refractivity contribution in [2.45, 2.75) is 17.8 Å². The molecule has 0 unspecified atom stereocenters. The average Bonchev–Trinajstić information content (AvgIpc) is 3.38. The summed E-state index contributed by atoms with van der Waals surface area (Å²) in [5.41, 5.74) is 1.97. The van der Waals surface area contributed by atoms with Crippen LogP contribution in [0, 0.1) is 0 Å². The Kier molecular flexibility index (Phi) is 4.74. The van der Waals surface area contributed by atoms with Crippen LogP contribution in [0.3, 0.4) is 0 Å². The fourth-order valence-electron chi connectivity index (χ4n) is 3.65. The molecule has 5 rings (SSSR count). The lowest BCUT2D eigenvalue weighted by atomic mass is 10.1. The molecule has 156 valence electrons. The molecule has 0 fully saturated rings. The van der Waals surface area contributed by atoms with Gasteiger partial charge in [-0.15, -0.1) is 10.2 Å². The predicted octanol–water partition coefficient (Wildman–Crippen LogP) is 3.80. The highest BCUT2D eigenvalue weighted by Gasteiger charge is 2.23. The largest absolute Gasteiger partial charge is 0.460 e. The molecular weight excluding hydrogens is 416 g/mol. The highest BCUT2D eigenvalue weighted by Crippen LogP contribution is 2.32. The van der Waals surface area contributed by atoms with E-state index in [4.69, 9.17) is 9.15 Å². The monoisotopic (exact) mass is 434 g/mol. The number of carbonyl (C=O) groups is 1. The third-order valence-electron chi connectivity index (χ3n) is 5.10. The maximum atomic E-state index is 12.6. The van der Waals surface area contributed by atoms with Crippen LogP contribution in [0.15, 0.2) is 62.9 Å². The minimum Gasteiger partial charge on any atom is -0.460 e. The molecule has 0 aliphatic rings. The molecule has 0 saturated carbocycles. The van der Waals surface area contributed by atoms with Crippen LogP contribution in [0.2, 0.25) is 0 Å². The summed E-state index contributed by atoms with van der Waals surface area (Å²) >= 11 is 1.41. The zero-order chi connectivity index (χ0) is 21.5. The summed E-state index contributed by atoms with van der Waals surface area (Å²) in [7, 11) is 1.68. The van der Waals surface area contributed by atoms with Crippen LogP contribution in [-0.4, -0.2) is 31.7 Å². The molecule has 0 aliphatic heterocycles. The number of rotatable bonds is 5. The van der Waals surface area contributed by atoms with Crippen LogP contribution in [0.4, 0.5) is 0 Å². The average molecular weight is 434 g/mol. The van der Waals surface area contributed by atoms with Crippen LogP contribution < -0.4 is 5.56 Å². The van der Waals surface area contributed by atoms with E-state index in [2.05, 4.69) is 10.2 Å². The lowest BCUT2D eigenvalue weighted by Gasteiger charge is -2.07. The first kappa shape index (κ1) is 19.4. The van der Waals surface area contributed by atoms with Crippen molar-refractivity contribution in [2.75, 3.05) is 6.61 Å². The van der Waals surface area contributed by atoms with Gasteiger partial charge in [-0.3, -0.25) is 13.8 Å². The Bertz CT molecular complexity index is 1520. The second-order valence-electron chi connectivity index (χ2n) is 6.91. The van der Waals surface area contributed by atoms with Gasteiger partial charge in [0.15, 0.2) is 5.16 Å². The van der Waals surface area contributed by atoms with Gasteiger partial charge in [0.05, 0.1) is 17.5 Å². The number of hydrogen-bond donors (Lipinski definition) is 0. The molecule has 0 spiro atoms. The van der Waals surface area contributed by atoms with Crippen molar-refractivity contribution in [3.8, 4) is 0 Å². The fourth-order valence-corrected chi connectivity index (χ4v) is 4.61. The molecule has 0 atom stereocenters. The second-order valence-corrected chi connectivity index (χ2v) is 7.86. The molecule has 0 saturated heterocycles. The Hall–Kier alpha value is -3.59. The van der Waals surface area contributed by atoms with Crippen molar-refractivity contribution in [3.05, 3.63) is 70.2 Å². The third kappa shape index (κ3) is 3.09. The van der Waals surface area contributed by atoms with Crippen molar-refractivity contribution in [1.82, 2.24) is 19.2 Å². The number of hydrogen-bond acceptors (Lipinski definition) is 7. The number of aryl methyl sites for hydroxylation is 1. The van der Waals surface area contributed by atoms with Crippen LogP contribution in [0.1, 0.15) is 23.0 Å². The Balaban J connectivity index is 1.61. The molecule has 0 N–H and O–H groups in total. The molecule has 3 aromatic heterocycles. The lowest BCUT2D eigenvalue weighted by molar-refractivity contribution is 0.0491. The number of thioether (sulfide) groups is 1. The van der Waals surface area contributed by atoms with Gasteiger partial charge >= 0.3 is 5.97 Å². The quantitative estimate of drug-likeness (QED) is 0.307. The number of para-hydroxylation sites is 2. The Morgan fingerprint density at radius 1 is 1.10 bits per heavy atom. The molecular formula is C22H18N4O4S. The minimum atomic E-state index is -0.492. The van der Waals surface area contributed by atoms with Crippen molar-refractivity contribution < 1.29 is 13.9 Å². The van der Waals surface area contributed by atoms with E-state index in [-0.39, 0.29) is 17.9 Å². The molecule has 0 radical (unpaired) electrons. The van der Waals surface area contributed by atoms with E-state index >= 15 is 0 Å². The number of furan rings is 1. The highest BCUT2D eigenvalue weighted by atomic mass is 32.2. The van der Waals surface area contributed by atoms with E-state index in [9.17, 15) is 9.59 Å². The van der Waals surface area contributed by atoms with Crippen molar-refractivity contribution in [2.24, 2.45) is 7.05 Å². The topological polar surface area (TPSA) is 91.6 Å². The molecule has 0 aliphatic carbocycles. The normalized spacial score (nSPS) is 11.5. The number of benzene rings is 2. The fraction of sp³-hybridized carbons (Fsp3) is 0.182. The first-order valence-corrected chi connectivity index (χ1v) is 10.7. The van der Waals surface area contributed by atoms with Gasteiger partial charge in [0, 0.05) is 23.8 Å². The SMILES string of the molecule is CCOC(=O)c1oc2ccccc2c1CSc1nnc2n(C)c(=O)c3ccccc3n12. The standard InChI is InChI=1S/C22H18N4O4S/c1-3-29-20(28)18-15(13-8-5-7-11-17(13)30-18)12-31-22-24-23-21-25(2)19(27)14-9-4-6-10-16(14)26(21)22/h4-11H,3,12H2,1-2H3. The van der Waals surface area contributed by atoms with Crippen molar-refractivity contribution in [1.29, 1.82) is 0 Å². The number of fused-ring (bicyclic) bond motifs is 4. The maximum Gasteiger partial charge on any atom is 0.374 e. The molecule has 5 aromatic rings. The maximum absolute atomic E-state index is 12.6. The van der Waals surface area contributed by atoms with Crippen LogP contribution in [0.25, 0.3) is 27.6 Å². The number of nitrogens with zero attached hydrogens (tertiary/aromatic N) is 4. The summed E-state index contributed by atoms with van der Waals surface area (Å²) < 4.78 is 14.3. The third-order valence-corrected chi connectivity index (χ3v) is 6.06. The Morgan fingerprint density at radius 2 is 1.84 bits per heavy atom. The summed E-state index contributed by atoms with van der Waals surface area (Å²) in [5, 5.41) is 10.6. The van der Waals surface area contributed by atoms with E-state index < -0.39 is 5.97 Å². The van der Waals surface area contributed by atoms with Gasteiger partial charge in [-0.2, -0.15) is 0 Å². The molecule has 9 heteroatoms. The smallest absolute Gasteiger partial charge is 0.374 e. The molecule has 0 bridgehead atoms. The van der Waals surface area contributed by atoms with Crippen LogP contribution >= 0.6 is 11.8 Å². The number of esters is 1. The lowest BCUT2D eigenvalue weighted by Crippen LogP contribution is -2.20. The van der Waals surface area contributed by atoms with Gasteiger partial charge in [0.2, 0.25) is 11.5 Å². The van der Waals surface area contributed by atoms with E-state index in [1.807, 2.05) is 46.9 Å². The molecule has 31 heavy (non-hydrogen) atoms. The highest BCUT2D eigenvalue weighted by molar-refractivity contribution is 7.98. The van der Waals surface area contributed by atoms with E-state index in [0.717, 1.165) is 16.5 Å². The number of carbonyl (C=O) groups excluding carboxylic acids is 1. The van der Waals surface area contributed by atoms with Gasteiger partial charge in [-0.1, -0.05) is 42.1 Å². The predicted molar refractivity (Wildman–Crippen MR) is 117 cm³/mol.